The highest BCUT2D eigenvalue weighted by Crippen LogP contribution is 2.33. The van der Waals surface area contributed by atoms with Crippen LogP contribution in [0.2, 0.25) is 5.02 Å². The molecule has 1 N–H and O–H groups in total. The van der Waals surface area contributed by atoms with Crippen molar-refractivity contribution in [1.82, 2.24) is 14.6 Å². The lowest BCUT2D eigenvalue weighted by Crippen LogP contribution is -2.16. The summed E-state index contributed by atoms with van der Waals surface area (Å²) in [4.78, 5) is 5.01. The summed E-state index contributed by atoms with van der Waals surface area (Å²) in [7, 11) is 0. The Morgan fingerprint density at radius 1 is 0.931 bits per heavy atom. The monoisotopic (exact) mass is 404 g/mol. The zero-order chi connectivity index (χ0) is 20.8. The van der Waals surface area contributed by atoms with Crippen molar-refractivity contribution in [1.29, 1.82) is 0 Å². The fourth-order valence-electron chi connectivity index (χ4n) is 3.34. The molecule has 0 radical (unpaired) electrons. The molecule has 0 unspecified atom stereocenters. The first-order chi connectivity index (χ1) is 13.7. The van der Waals surface area contributed by atoms with E-state index < -0.39 is 0 Å². The molecule has 0 saturated carbocycles. The molecule has 2 heterocycles. The third kappa shape index (κ3) is 3.85. The van der Waals surface area contributed by atoms with E-state index in [2.05, 4.69) is 63.3 Å². The molecule has 0 aliphatic rings. The van der Waals surface area contributed by atoms with Gasteiger partial charge in [-0.15, -0.1) is 0 Å². The first kappa shape index (κ1) is 19.5. The van der Waals surface area contributed by atoms with Gasteiger partial charge in [0, 0.05) is 27.8 Å². The quantitative estimate of drug-likeness (QED) is 0.412. The Hall–Kier alpha value is -2.85. The zero-order valence-electron chi connectivity index (χ0n) is 17.4. The molecule has 0 atom stereocenters. The fourth-order valence-corrected chi connectivity index (χ4v) is 3.46. The number of nitrogens with zero attached hydrogens (tertiary/aromatic N) is 3. The molecular weight excluding hydrogens is 380 g/mol. The average Bonchev–Trinajstić information content (AvgIpc) is 3.00. The Kier molecular flexibility index (Phi) is 4.83. The molecule has 2 aromatic heterocycles. The number of fused-ring (bicyclic) bond motifs is 1. The van der Waals surface area contributed by atoms with Gasteiger partial charge in [-0.05, 0) is 43.7 Å². The molecule has 148 valence electrons. The van der Waals surface area contributed by atoms with Crippen LogP contribution >= 0.6 is 11.6 Å². The number of anilines is 2. The second-order valence-corrected chi connectivity index (χ2v) is 8.91. The van der Waals surface area contributed by atoms with Crippen LogP contribution in [-0.4, -0.2) is 14.6 Å². The number of nitrogens with one attached hydrogen (secondary N) is 1. The van der Waals surface area contributed by atoms with Crippen molar-refractivity contribution in [2.24, 2.45) is 0 Å². The SMILES string of the molecule is Cc1ccc(Nc2cc(C(C)(C)C)nc3c(-c4ccc(Cl)cc4)c(C)nn23)cc1. The lowest BCUT2D eigenvalue weighted by Gasteiger charge is -2.20. The maximum Gasteiger partial charge on any atom is 0.165 e. The maximum atomic E-state index is 6.10. The molecule has 0 saturated heterocycles. The van der Waals surface area contributed by atoms with Gasteiger partial charge in [0.15, 0.2) is 5.65 Å². The number of rotatable bonds is 3. The van der Waals surface area contributed by atoms with Crippen molar-refractivity contribution < 1.29 is 0 Å². The van der Waals surface area contributed by atoms with Crippen LogP contribution in [0.3, 0.4) is 0 Å². The normalized spacial score (nSPS) is 11.8. The summed E-state index contributed by atoms with van der Waals surface area (Å²) in [5, 5.41) is 9.05. The Morgan fingerprint density at radius 2 is 1.59 bits per heavy atom. The van der Waals surface area contributed by atoms with Crippen molar-refractivity contribution in [3.63, 3.8) is 0 Å². The molecule has 0 spiro atoms. The van der Waals surface area contributed by atoms with Gasteiger partial charge < -0.3 is 5.32 Å². The highest BCUT2D eigenvalue weighted by Gasteiger charge is 2.22. The van der Waals surface area contributed by atoms with E-state index in [0.29, 0.717) is 5.02 Å². The first-order valence-electron chi connectivity index (χ1n) is 9.73. The van der Waals surface area contributed by atoms with Crippen LogP contribution in [-0.2, 0) is 5.41 Å². The van der Waals surface area contributed by atoms with Gasteiger partial charge in [0.05, 0.1) is 11.4 Å². The average molecular weight is 405 g/mol. The van der Waals surface area contributed by atoms with Gasteiger partial charge in [0.25, 0.3) is 0 Å². The number of hydrogen-bond donors (Lipinski definition) is 1. The number of halogens is 1. The van der Waals surface area contributed by atoms with Crippen molar-refractivity contribution in [3.8, 4) is 11.1 Å². The van der Waals surface area contributed by atoms with E-state index in [4.69, 9.17) is 21.7 Å². The zero-order valence-corrected chi connectivity index (χ0v) is 18.2. The van der Waals surface area contributed by atoms with Gasteiger partial charge in [-0.3, -0.25) is 0 Å². The second-order valence-electron chi connectivity index (χ2n) is 8.47. The standard InChI is InChI=1S/C24H25ClN4/c1-15-6-12-19(13-7-15)26-21-14-20(24(3,4)5)27-23-22(16(2)28-29(21)23)17-8-10-18(25)11-9-17/h6-14,26H,1-5H3. The highest BCUT2D eigenvalue weighted by molar-refractivity contribution is 6.30. The molecule has 0 bridgehead atoms. The van der Waals surface area contributed by atoms with Gasteiger partial charge in [-0.1, -0.05) is 62.2 Å². The van der Waals surface area contributed by atoms with Gasteiger partial charge in [0.1, 0.15) is 5.82 Å². The minimum Gasteiger partial charge on any atom is -0.340 e. The smallest absolute Gasteiger partial charge is 0.165 e. The Morgan fingerprint density at radius 3 is 2.21 bits per heavy atom. The maximum absolute atomic E-state index is 6.10. The van der Waals surface area contributed by atoms with E-state index in [1.54, 1.807) is 0 Å². The van der Waals surface area contributed by atoms with Crippen LogP contribution in [0, 0.1) is 13.8 Å². The van der Waals surface area contributed by atoms with Crippen molar-refractivity contribution in [2.45, 2.75) is 40.0 Å². The predicted octanol–water partition coefficient (Wildman–Crippen LogP) is 6.71. The van der Waals surface area contributed by atoms with Gasteiger partial charge >= 0.3 is 0 Å². The van der Waals surface area contributed by atoms with Crippen LogP contribution in [0.5, 0.6) is 0 Å². The summed E-state index contributed by atoms with van der Waals surface area (Å²) >= 11 is 6.10. The minimum absolute atomic E-state index is 0.0963. The van der Waals surface area contributed by atoms with Gasteiger partial charge in [0.2, 0.25) is 0 Å². The molecule has 5 heteroatoms. The number of aryl methyl sites for hydroxylation is 2. The van der Waals surface area contributed by atoms with E-state index in [0.717, 1.165) is 39.7 Å². The van der Waals surface area contributed by atoms with Gasteiger partial charge in [-0.2, -0.15) is 9.61 Å². The van der Waals surface area contributed by atoms with Crippen molar-refractivity contribution in [2.75, 3.05) is 5.32 Å². The second kappa shape index (κ2) is 7.20. The minimum atomic E-state index is -0.0963. The van der Waals surface area contributed by atoms with E-state index in [1.807, 2.05) is 35.7 Å². The fraction of sp³-hybridized carbons (Fsp3) is 0.250. The van der Waals surface area contributed by atoms with E-state index in [1.165, 1.54) is 5.56 Å². The Bertz CT molecular complexity index is 1170. The topological polar surface area (TPSA) is 42.2 Å². The molecule has 29 heavy (non-hydrogen) atoms. The summed E-state index contributed by atoms with van der Waals surface area (Å²) in [5.41, 5.74) is 7.01. The van der Waals surface area contributed by atoms with Crippen LogP contribution < -0.4 is 5.32 Å². The van der Waals surface area contributed by atoms with E-state index >= 15 is 0 Å². The van der Waals surface area contributed by atoms with Crippen LogP contribution in [0.15, 0.2) is 54.6 Å². The first-order valence-corrected chi connectivity index (χ1v) is 10.1. The van der Waals surface area contributed by atoms with Crippen LogP contribution in [0.25, 0.3) is 16.8 Å². The summed E-state index contributed by atoms with van der Waals surface area (Å²) in [5.74, 6) is 0.895. The lowest BCUT2D eigenvalue weighted by molar-refractivity contribution is 0.569. The molecule has 0 aliphatic carbocycles. The van der Waals surface area contributed by atoms with Crippen molar-refractivity contribution in [3.05, 3.63) is 76.6 Å². The van der Waals surface area contributed by atoms with E-state index in [9.17, 15) is 0 Å². The molecule has 4 aromatic rings. The predicted molar refractivity (Wildman–Crippen MR) is 121 cm³/mol. The number of aromatic nitrogens is 3. The number of benzene rings is 2. The third-order valence-corrected chi connectivity index (χ3v) is 5.24. The lowest BCUT2D eigenvalue weighted by atomic mass is 9.92. The summed E-state index contributed by atoms with van der Waals surface area (Å²) < 4.78 is 1.90. The highest BCUT2D eigenvalue weighted by atomic mass is 35.5. The summed E-state index contributed by atoms with van der Waals surface area (Å²) in [6.07, 6.45) is 0. The molecule has 4 rings (SSSR count). The Balaban J connectivity index is 1.94. The largest absolute Gasteiger partial charge is 0.340 e. The number of hydrogen-bond acceptors (Lipinski definition) is 3. The molecule has 0 fully saturated rings. The molecule has 0 amide bonds. The Labute approximate surface area is 176 Å². The molecule has 2 aromatic carbocycles. The summed E-state index contributed by atoms with van der Waals surface area (Å²) in [6.45, 7) is 10.6. The van der Waals surface area contributed by atoms with E-state index in [-0.39, 0.29) is 5.41 Å². The summed E-state index contributed by atoms with van der Waals surface area (Å²) in [6, 6.07) is 18.3. The molecule has 4 nitrogen and oxygen atoms in total. The van der Waals surface area contributed by atoms with Crippen LogP contribution in [0.4, 0.5) is 11.5 Å². The van der Waals surface area contributed by atoms with Crippen molar-refractivity contribution >= 4 is 28.8 Å². The van der Waals surface area contributed by atoms with Crippen LogP contribution in [0.1, 0.15) is 37.7 Å². The molecule has 0 aliphatic heterocycles. The van der Waals surface area contributed by atoms with Gasteiger partial charge in [-0.25, -0.2) is 4.98 Å². The third-order valence-electron chi connectivity index (χ3n) is 4.99. The molecular formula is C24H25ClN4.